The first kappa shape index (κ1) is 11.0. The van der Waals surface area contributed by atoms with Gasteiger partial charge in [0.25, 0.3) is 5.91 Å². The van der Waals surface area contributed by atoms with E-state index >= 15 is 0 Å². The molecule has 4 nitrogen and oxygen atoms in total. The van der Waals surface area contributed by atoms with Crippen molar-refractivity contribution < 1.29 is 14.7 Å². The van der Waals surface area contributed by atoms with Gasteiger partial charge in [0, 0.05) is 0 Å². The predicted octanol–water partition coefficient (Wildman–Crippen LogP) is 1.60. The van der Waals surface area contributed by atoms with Crippen LogP contribution in [0.2, 0.25) is 4.34 Å². The summed E-state index contributed by atoms with van der Waals surface area (Å²) in [5, 5.41) is 10.9. The van der Waals surface area contributed by atoms with Crippen molar-refractivity contribution in [2.24, 2.45) is 0 Å². The Bertz CT molecular complexity index is 363. The maximum absolute atomic E-state index is 11.4. The molecule has 1 heterocycles. The number of carboxylic acids is 1. The van der Waals surface area contributed by atoms with Crippen LogP contribution in [0, 0.1) is 0 Å². The van der Waals surface area contributed by atoms with Gasteiger partial charge in [0.1, 0.15) is 6.04 Å². The molecule has 1 amide bonds. The molecule has 0 aliphatic carbocycles. The van der Waals surface area contributed by atoms with Crippen molar-refractivity contribution in [2.75, 3.05) is 0 Å². The molecule has 0 spiro atoms. The Hall–Kier alpha value is -1.07. The van der Waals surface area contributed by atoms with E-state index in [9.17, 15) is 9.59 Å². The van der Waals surface area contributed by atoms with Gasteiger partial charge < -0.3 is 10.4 Å². The third-order valence-electron chi connectivity index (χ3n) is 1.52. The number of nitrogens with one attached hydrogen (secondary N) is 1. The smallest absolute Gasteiger partial charge is 0.325 e. The van der Waals surface area contributed by atoms with Crippen LogP contribution in [0.5, 0.6) is 0 Å². The maximum Gasteiger partial charge on any atom is 0.325 e. The van der Waals surface area contributed by atoms with E-state index in [2.05, 4.69) is 5.32 Å². The van der Waals surface area contributed by atoms with Crippen LogP contribution < -0.4 is 5.32 Å². The third-order valence-corrected chi connectivity index (χ3v) is 2.74. The number of carbonyl (C=O) groups is 2. The first-order valence-electron chi connectivity index (χ1n) is 3.79. The number of thiophene rings is 1. The van der Waals surface area contributed by atoms with E-state index in [1.165, 1.54) is 6.92 Å². The summed E-state index contributed by atoms with van der Waals surface area (Å²) in [7, 11) is 0. The van der Waals surface area contributed by atoms with Crippen LogP contribution in [0.4, 0.5) is 0 Å². The molecule has 2 N–H and O–H groups in total. The quantitative estimate of drug-likeness (QED) is 0.834. The van der Waals surface area contributed by atoms with E-state index in [0.29, 0.717) is 9.21 Å². The molecule has 0 fully saturated rings. The molecule has 6 heteroatoms. The summed E-state index contributed by atoms with van der Waals surface area (Å²) in [5.41, 5.74) is 0. The van der Waals surface area contributed by atoms with Crippen molar-refractivity contribution in [3.05, 3.63) is 21.3 Å². The Morgan fingerprint density at radius 2 is 2.21 bits per heavy atom. The molecular formula is C8H8ClNO3S. The number of halogens is 1. The van der Waals surface area contributed by atoms with Gasteiger partial charge in [-0.1, -0.05) is 11.6 Å². The molecule has 0 bridgehead atoms. The van der Waals surface area contributed by atoms with Crippen LogP contribution >= 0.6 is 22.9 Å². The lowest BCUT2D eigenvalue weighted by Crippen LogP contribution is -2.37. The Labute approximate surface area is 89.5 Å². The van der Waals surface area contributed by atoms with E-state index in [4.69, 9.17) is 16.7 Å². The topological polar surface area (TPSA) is 66.4 Å². The number of hydrogen-bond acceptors (Lipinski definition) is 3. The number of carboxylic acid groups (broad SMARTS) is 1. The summed E-state index contributed by atoms with van der Waals surface area (Å²) >= 11 is 6.74. The van der Waals surface area contributed by atoms with Gasteiger partial charge in [-0.25, -0.2) is 0 Å². The van der Waals surface area contributed by atoms with Crippen LogP contribution in [0.1, 0.15) is 16.6 Å². The van der Waals surface area contributed by atoms with Crippen molar-refractivity contribution in [1.82, 2.24) is 5.32 Å². The SMILES string of the molecule is C[C@H](NC(=O)c1ccc(Cl)s1)C(=O)O. The molecule has 1 aromatic heterocycles. The Kier molecular flexibility index (Phi) is 3.49. The fourth-order valence-electron chi connectivity index (χ4n) is 0.766. The minimum atomic E-state index is -1.07. The fraction of sp³-hybridized carbons (Fsp3) is 0.250. The van der Waals surface area contributed by atoms with Crippen LogP contribution in [0.25, 0.3) is 0 Å². The second kappa shape index (κ2) is 4.43. The van der Waals surface area contributed by atoms with Gasteiger partial charge in [0.05, 0.1) is 9.21 Å². The largest absolute Gasteiger partial charge is 0.480 e. The average molecular weight is 234 g/mol. The molecule has 0 saturated carbocycles. The van der Waals surface area contributed by atoms with Crippen LogP contribution in [-0.4, -0.2) is 23.0 Å². The van der Waals surface area contributed by atoms with Crippen molar-refractivity contribution in [3.8, 4) is 0 Å². The van der Waals surface area contributed by atoms with E-state index in [-0.39, 0.29) is 0 Å². The molecule has 1 rings (SSSR count). The molecule has 0 aromatic carbocycles. The van der Waals surface area contributed by atoms with Gasteiger partial charge in [-0.2, -0.15) is 0 Å². The normalized spacial score (nSPS) is 12.1. The van der Waals surface area contributed by atoms with Crippen molar-refractivity contribution in [3.63, 3.8) is 0 Å². The van der Waals surface area contributed by atoms with Crippen molar-refractivity contribution in [2.45, 2.75) is 13.0 Å². The molecule has 1 aromatic rings. The molecule has 0 saturated heterocycles. The summed E-state index contributed by atoms with van der Waals surface area (Å²) in [6, 6.07) is 2.24. The van der Waals surface area contributed by atoms with Gasteiger partial charge in [-0.15, -0.1) is 11.3 Å². The minimum absolute atomic E-state index is 0.406. The van der Waals surface area contributed by atoms with E-state index in [0.717, 1.165) is 11.3 Å². The summed E-state index contributed by atoms with van der Waals surface area (Å²) in [4.78, 5) is 22.2. The zero-order valence-corrected chi connectivity index (χ0v) is 8.85. The van der Waals surface area contributed by atoms with E-state index in [1.807, 2.05) is 0 Å². The number of carbonyl (C=O) groups excluding carboxylic acids is 1. The highest BCUT2D eigenvalue weighted by atomic mass is 35.5. The third kappa shape index (κ3) is 2.71. The van der Waals surface area contributed by atoms with Gasteiger partial charge in [0.15, 0.2) is 0 Å². The molecule has 0 aliphatic rings. The summed E-state index contributed by atoms with van der Waals surface area (Å²) in [5.74, 6) is -1.49. The minimum Gasteiger partial charge on any atom is -0.480 e. The zero-order valence-electron chi connectivity index (χ0n) is 7.28. The molecule has 14 heavy (non-hydrogen) atoms. The first-order valence-corrected chi connectivity index (χ1v) is 4.99. The highest BCUT2D eigenvalue weighted by molar-refractivity contribution is 7.18. The van der Waals surface area contributed by atoms with Gasteiger partial charge in [0.2, 0.25) is 0 Å². The van der Waals surface area contributed by atoms with Crippen LogP contribution in [-0.2, 0) is 4.79 Å². The maximum atomic E-state index is 11.4. The molecule has 76 valence electrons. The Morgan fingerprint density at radius 1 is 1.57 bits per heavy atom. The average Bonchev–Trinajstić information content (AvgIpc) is 2.51. The molecule has 0 aliphatic heterocycles. The number of aliphatic carboxylic acids is 1. The molecule has 0 unspecified atom stereocenters. The number of hydrogen-bond donors (Lipinski definition) is 2. The Morgan fingerprint density at radius 3 is 2.64 bits per heavy atom. The highest BCUT2D eigenvalue weighted by Crippen LogP contribution is 2.21. The fourth-order valence-corrected chi connectivity index (χ4v) is 1.71. The van der Waals surface area contributed by atoms with Crippen molar-refractivity contribution >= 4 is 34.8 Å². The van der Waals surface area contributed by atoms with Crippen molar-refractivity contribution in [1.29, 1.82) is 0 Å². The van der Waals surface area contributed by atoms with E-state index < -0.39 is 17.9 Å². The summed E-state index contributed by atoms with van der Waals surface area (Å²) in [6.45, 7) is 1.40. The van der Waals surface area contributed by atoms with E-state index in [1.54, 1.807) is 12.1 Å². The van der Waals surface area contributed by atoms with Gasteiger partial charge >= 0.3 is 5.97 Å². The van der Waals surface area contributed by atoms with Gasteiger partial charge in [-0.3, -0.25) is 9.59 Å². The predicted molar refractivity (Wildman–Crippen MR) is 53.9 cm³/mol. The lowest BCUT2D eigenvalue weighted by molar-refractivity contribution is -0.138. The van der Waals surface area contributed by atoms with Crippen LogP contribution in [0.3, 0.4) is 0 Å². The molecule has 1 atom stereocenters. The lowest BCUT2D eigenvalue weighted by Gasteiger charge is -2.06. The molecule has 0 radical (unpaired) electrons. The monoisotopic (exact) mass is 233 g/mol. The summed E-state index contributed by atoms with van der Waals surface area (Å²) in [6.07, 6.45) is 0. The highest BCUT2D eigenvalue weighted by Gasteiger charge is 2.16. The second-order valence-electron chi connectivity index (χ2n) is 2.64. The Balaban J connectivity index is 2.63. The number of rotatable bonds is 3. The number of amides is 1. The van der Waals surface area contributed by atoms with Crippen LogP contribution in [0.15, 0.2) is 12.1 Å². The lowest BCUT2D eigenvalue weighted by atomic mass is 10.3. The zero-order chi connectivity index (χ0) is 10.7. The van der Waals surface area contributed by atoms with Gasteiger partial charge in [-0.05, 0) is 19.1 Å². The summed E-state index contributed by atoms with van der Waals surface area (Å²) < 4.78 is 0.498. The standard InChI is InChI=1S/C8H8ClNO3S/c1-4(8(12)13)10-7(11)5-2-3-6(9)14-5/h2-4H,1H3,(H,10,11)(H,12,13)/t4-/m0/s1. The molecular weight excluding hydrogens is 226 g/mol. The second-order valence-corrected chi connectivity index (χ2v) is 4.35. The first-order chi connectivity index (χ1) is 6.50.